The van der Waals surface area contributed by atoms with Gasteiger partial charge in [0.25, 0.3) is 0 Å². The highest BCUT2D eigenvalue weighted by atomic mass is 16.2. The minimum absolute atomic E-state index is 0.144. The summed E-state index contributed by atoms with van der Waals surface area (Å²) in [6.07, 6.45) is 0. The van der Waals surface area contributed by atoms with Crippen LogP contribution in [0.1, 0.15) is 40.2 Å². The second-order valence-corrected chi connectivity index (χ2v) is 4.53. The van der Waals surface area contributed by atoms with Crippen LogP contribution in [0.25, 0.3) is 0 Å². The van der Waals surface area contributed by atoms with Gasteiger partial charge in [0.2, 0.25) is 0 Å². The van der Waals surface area contributed by atoms with Crippen molar-refractivity contribution in [3.8, 4) is 0 Å². The number of benzene rings is 1. The summed E-state index contributed by atoms with van der Waals surface area (Å²) in [6.45, 7) is 10.5. The van der Waals surface area contributed by atoms with E-state index in [9.17, 15) is 4.79 Å². The van der Waals surface area contributed by atoms with Crippen LogP contribution >= 0.6 is 0 Å². The average Bonchev–Trinajstić information content (AvgIpc) is 2.31. The molecule has 0 aromatic heterocycles. The molecule has 2 N–H and O–H groups in total. The summed E-state index contributed by atoms with van der Waals surface area (Å²) in [5.74, 6) is 0. The minimum atomic E-state index is -0.196. The second-order valence-electron chi connectivity index (χ2n) is 4.53. The maximum Gasteiger partial charge on any atom is 0.318 e. The number of carbonyl (C=O) groups excluding carboxylic acids is 1. The van der Waals surface area contributed by atoms with Gasteiger partial charge in [0.05, 0.1) is 0 Å². The van der Waals surface area contributed by atoms with E-state index in [-0.39, 0.29) is 11.4 Å². The zero-order valence-electron chi connectivity index (χ0n) is 11.7. The third kappa shape index (κ3) is 5.38. The van der Waals surface area contributed by atoms with E-state index in [0.717, 1.165) is 5.69 Å². The molecule has 0 saturated carbocycles. The third-order valence-corrected chi connectivity index (χ3v) is 2.24. The average molecular weight is 236 g/mol. The lowest BCUT2D eigenvalue weighted by Crippen LogP contribution is -2.24. The van der Waals surface area contributed by atoms with E-state index in [4.69, 9.17) is 0 Å². The van der Waals surface area contributed by atoms with Crippen LogP contribution in [0.15, 0.2) is 24.3 Å². The Kier molecular flexibility index (Phi) is 6.33. The summed E-state index contributed by atoms with van der Waals surface area (Å²) >= 11 is 0. The molecule has 3 heteroatoms. The Morgan fingerprint density at radius 2 is 1.53 bits per heavy atom. The predicted octanol–water partition coefficient (Wildman–Crippen LogP) is 3.76. The third-order valence-electron chi connectivity index (χ3n) is 2.24. The van der Waals surface area contributed by atoms with E-state index in [2.05, 4.69) is 31.4 Å². The molecule has 1 rings (SSSR count). The van der Waals surface area contributed by atoms with Crippen molar-refractivity contribution in [2.24, 2.45) is 0 Å². The van der Waals surface area contributed by atoms with E-state index in [1.165, 1.54) is 5.56 Å². The highest BCUT2D eigenvalue weighted by molar-refractivity contribution is 5.88. The van der Waals surface area contributed by atoms with Crippen LogP contribution < -0.4 is 10.6 Å². The summed E-state index contributed by atoms with van der Waals surface area (Å²) in [5, 5.41) is 5.23. The van der Waals surface area contributed by atoms with Crippen LogP contribution in [0.5, 0.6) is 0 Å². The van der Waals surface area contributed by atoms with Crippen LogP contribution in [0.4, 0.5) is 10.5 Å². The molecule has 0 spiro atoms. The zero-order chi connectivity index (χ0) is 13.5. The first-order valence-electron chi connectivity index (χ1n) is 6.03. The van der Waals surface area contributed by atoms with E-state index in [0.29, 0.717) is 0 Å². The molecule has 0 fully saturated rings. The normalized spacial score (nSPS) is 10.0. The summed E-state index contributed by atoms with van der Waals surface area (Å²) < 4.78 is 0. The van der Waals surface area contributed by atoms with Crippen LogP contribution in [0.2, 0.25) is 0 Å². The molecule has 0 aliphatic carbocycles. The molecule has 17 heavy (non-hydrogen) atoms. The van der Waals surface area contributed by atoms with Gasteiger partial charge in [-0.2, -0.15) is 0 Å². The van der Waals surface area contributed by atoms with Gasteiger partial charge in [-0.05, 0) is 23.1 Å². The van der Waals surface area contributed by atoms with Gasteiger partial charge in [-0.15, -0.1) is 0 Å². The molecule has 0 bridgehead atoms. The first kappa shape index (κ1) is 15.5. The summed E-state index contributed by atoms with van der Waals surface area (Å²) in [6, 6.07) is 7.70. The van der Waals surface area contributed by atoms with E-state index in [1.54, 1.807) is 7.05 Å². The topological polar surface area (TPSA) is 41.1 Å². The Balaban J connectivity index is 0.00000121. The molecular weight excluding hydrogens is 212 g/mol. The Morgan fingerprint density at radius 3 is 1.88 bits per heavy atom. The van der Waals surface area contributed by atoms with Gasteiger partial charge in [-0.1, -0.05) is 46.8 Å². The van der Waals surface area contributed by atoms with Crippen molar-refractivity contribution in [1.82, 2.24) is 5.32 Å². The number of urea groups is 1. The Morgan fingerprint density at radius 1 is 1.06 bits per heavy atom. The first-order valence-corrected chi connectivity index (χ1v) is 6.03. The Bertz CT molecular complexity index is 336. The minimum Gasteiger partial charge on any atom is -0.341 e. The molecule has 0 saturated heterocycles. The van der Waals surface area contributed by atoms with Crippen molar-refractivity contribution >= 4 is 11.7 Å². The molecule has 0 heterocycles. The van der Waals surface area contributed by atoms with Crippen LogP contribution in [0.3, 0.4) is 0 Å². The molecule has 0 aliphatic rings. The number of carbonyl (C=O) groups is 1. The van der Waals surface area contributed by atoms with Gasteiger partial charge >= 0.3 is 6.03 Å². The maximum absolute atomic E-state index is 11.0. The zero-order valence-corrected chi connectivity index (χ0v) is 11.7. The summed E-state index contributed by atoms with van der Waals surface area (Å²) in [4.78, 5) is 11.0. The fraction of sp³-hybridized carbons (Fsp3) is 0.500. The Labute approximate surface area is 105 Å². The monoisotopic (exact) mass is 236 g/mol. The van der Waals surface area contributed by atoms with Crippen molar-refractivity contribution < 1.29 is 4.79 Å². The van der Waals surface area contributed by atoms with Gasteiger partial charge < -0.3 is 10.6 Å². The van der Waals surface area contributed by atoms with Gasteiger partial charge in [-0.3, -0.25) is 0 Å². The maximum atomic E-state index is 11.0. The lowest BCUT2D eigenvalue weighted by molar-refractivity contribution is 0.254. The Hall–Kier alpha value is -1.51. The van der Waals surface area contributed by atoms with Gasteiger partial charge in [0, 0.05) is 12.7 Å². The number of amides is 2. The lowest BCUT2D eigenvalue weighted by Gasteiger charge is -2.19. The van der Waals surface area contributed by atoms with Crippen LogP contribution in [-0.4, -0.2) is 13.1 Å². The summed E-state index contributed by atoms with van der Waals surface area (Å²) in [5.41, 5.74) is 2.21. The number of rotatable bonds is 1. The SMILES string of the molecule is CC.CNC(=O)Nc1ccc(C(C)(C)C)cc1. The van der Waals surface area contributed by atoms with Crippen molar-refractivity contribution in [2.75, 3.05) is 12.4 Å². The molecule has 96 valence electrons. The molecule has 0 atom stereocenters. The molecule has 2 amide bonds. The molecule has 1 aromatic carbocycles. The highest BCUT2D eigenvalue weighted by Gasteiger charge is 2.12. The smallest absolute Gasteiger partial charge is 0.318 e. The number of hydrogen-bond acceptors (Lipinski definition) is 1. The fourth-order valence-corrected chi connectivity index (χ4v) is 1.25. The van der Waals surface area contributed by atoms with Gasteiger partial charge in [0.1, 0.15) is 0 Å². The van der Waals surface area contributed by atoms with Gasteiger partial charge in [-0.25, -0.2) is 4.79 Å². The quantitative estimate of drug-likeness (QED) is 0.766. The molecule has 1 aromatic rings. The molecule has 0 aliphatic heterocycles. The molecule has 0 radical (unpaired) electrons. The lowest BCUT2D eigenvalue weighted by atomic mass is 9.87. The highest BCUT2D eigenvalue weighted by Crippen LogP contribution is 2.23. The first-order chi connectivity index (χ1) is 7.93. The largest absolute Gasteiger partial charge is 0.341 e. The van der Waals surface area contributed by atoms with Crippen LogP contribution in [-0.2, 0) is 5.41 Å². The standard InChI is InChI=1S/C12H18N2O.C2H6/c1-12(2,3)9-5-7-10(8-6-9)14-11(15)13-4;1-2/h5-8H,1-4H3,(H2,13,14,15);1-2H3. The van der Waals surface area contributed by atoms with E-state index < -0.39 is 0 Å². The molecule has 3 nitrogen and oxygen atoms in total. The van der Waals surface area contributed by atoms with E-state index >= 15 is 0 Å². The molecular formula is C14H24N2O. The van der Waals surface area contributed by atoms with E-state index in [1.807, 2.05) is 38.1 Å². The number of hydrogen-bond donors (Lipinski definition) is 2. The fourth-order valence-electron chi connectivity index (χ4n) is 1.25. The van der Waals surface area contributed by atoms with Crippen molar-refractivity contribution in [3.63, 3.8) is 0 Å². The second kappa shape index (κ2) is 6.94. The van der Waals surface area contributed by atoms with Crippen molar-refractivity contribution in [1.29, 1.82) is 0 Å². The predicted molar refractivity (Wildman–Crippen MR) is 74.6 cm³/mol. The van der Waals surface area contributed by atoms with Crippen molar-refractivity contribution in [2.45, 2.75) is 40.0 Å². The summed E-state index contributed by atoms with van der Waals surface area (Å²) in [7, 11) is 1.60. The van der Waals surface area contributed by atoms with Gasteiger partial charge in [0.15, 0.2) is 0 Å². The van der Waals surface area contributed by atoms with Crippen LogP contribution in [0, 0.1) is 0 Å². The number of anilines is 1. The number of nitrogens with one attached hydrogen (secondary N) is 2. The molecule has 0 unspecified atom stereocenters. The van der Waals surface area contributed by atoms with Crippen molar-refractivity contribution in [3.05, 3.63) is 29.8 Å².